The molecule has 40 heavy (non-hydrogen) atoms. The van der Waals surface area contributed by atoms with Crippen LogP contribution in [-0.2, 0) is 0 Å². The number of benzene rings is 8. The highest BCUT2D eigenvalue weighted by molar-refractivity contribution is 6.49. The second kappa shape index (κ2) is 11.0. The van der Waals surface area contributed by atoms with Crippen molar-refractivity contribution < 1.29 is 10.2 Å². The van der Waals surface area contributed by atoms with Crippen LogP contribution in [-0.4, -0.2) is 10.2 Å². The van der Waals surface area contributed by atoms with Gasteiger partial charge in [0.2, 0.25) is 0 Å². The van der Waals surface area contributed by atoms with Crippen LogP contribution in [0.3, 0.4) is 0 Å². The largest absolute Gasteiger partial charge is 0.507 e. The van der Waals surface area contributed by atoms with Gasteiger partial charge in [0, 0.05) is 43.1 Å². The Morgan fingerprint density at radius 1 is 0.350 bits per heavy atom. The molecule has 0 saturated heterocycles. The van der Waals surface area contributed by atoms with Crippen molar-refractivity contribution in [2.24, 2.45) is 0 Å². The zero-order chi connectivity index (χ0) is 29.5. The third kappa shape index (κ3) is 3.45. The SMILES string of the molecule is CC.CC.CC.CC.O=c1ccc2c3ccc(=O)c4c(O)c5cccc6c7cccc8c(O)c1c2c(c87)c(c56)c43. The van der Waals surface area contributed by atoms with E-state index in [-0.39, 0.29) is 22.4 Å². The van der Waals surface area contributed by atoms with E-state index < -0.39 is 0 Å². The van der Waals surface area contributed by atoms with Crippen LogP contribution in [0.2, 0.25) is 0 Å². The van der Waals surface area contributed by atoms with Crippen LogP contribution in [0.4, 0.5) is 0 Å². The number of hydrogen-bond acceptors (Lipinski definition) is 4. The van der Waals surface area contributed by atoms with E-state index >= 15 is 0 Å². The van der Waals surface area contributed by atoms with Crippen LogP contribution < -0.4 is 10.9 Å². The molecule has 0 aliphatic heterocycles. The van der Waals surface area contributed by atoms with E-state index in [0.29, 0.717) is 32.3 Å². The summed E-state index contributed by atoms with van der Waals surface area (Å²) in [5.41, 5.74) is -0.474. The second-order valence-electron chi connectivity index (χ2n) is 8.63. The molecule has 0 spiro atoms. The number of aromatic hydroxyl groups is 2. The maximum absolute atomic E-state index is 13.0. The van der Waals surface area contributed by atoms with Crippen LogP contribution >= 0.6 is 0 Å². The van der Waals surface area contributed by atoms with Crippen molar-refractivity contribution in [1.82, 2.24) is 0 Å². The molecule has 0 bridgehead atoms. The summed E-state index contributed by atoms with van der Waals surface area (Å²) in [6.07, 6.45) is 0. The maximum atomic E-state index is 13.0. The molecule has 0 aliphatic rings. The van der Waals surface area contributed by atoms with Gasteiger partial charge < -0.3 is 10.2 Å². The summed E-state index contributed by atoms with van der Waals surface area (Å²) >= 11 is 0. The minimum atomic E-state index is -0.237. The second-order valence-corrected chi connectivity index (χ2v) is 8.63. The molecule has 4 nitrogen and oxygen atoms in total. The van der Waals surface area contributed by atoms with Gasteiger partial charge in [-0.1, -0.05) is 91.8 Å². The minimum absolute atomic E-state index is 0.0120. The van der Waals surface area contributed by atoms with E-state index in [1.54, 1.807) is 12.1 Å². The van der Waals surface area contributed by atoms with E-state index in [9.17, 15) is 19.8 Å². The molecule has 8 rings (SSSR count). The molecule has 8 aromatic carbocycles. The Morgan fingerprint density at radius 2 is 0.650 bits per heavy atom. The van der Waals surface area contributed by atoms with Gasteiger partial charge in [0.15, 0.2) is 10.9 Å². The molecular weight excluding hydrogens is 496 g/mol. The highest BCUT2D eigenvalue weighted by atomic mass is 16.3. The first-order valence-corrected chi connectivity index (χ1v) is 14.4. The summed E-state index contributed by atoms with van der Waals surface area (Å²) in [7, 11) is 0. The van der Waals surface area contributed by atoms with Gasteiger partial charge in [-0.15, -0.1) is 0 Å². The fourth-order valence-electron chi connectivity index (χ4n) is 6.11. The van der Waals surface area contributed by atoms with Crippen molar-refractivity contribution in [3.63, 3.8) is 0 Å². The van der Waals surface area contributed by atoms with Crippen molar-refractivity contribution in [3.05, 3.63) is 81.1 Å². The van der Waals surface area contributed by atoms with E-state index in [2.05, 4.69) is 0 Å². The highest BCUT2D eigenvalue weighted by Gasteiger charge is 2.27. The predicted octanol–water partition coefficient (Wildman–Crippen LogP) is 9.75. The zero-order valence-electron chi connectivity index (χ0n) is 24.5. The first kappa shape index (κ1) is 28.6. The van der Waals surface area contributed by atoms with Gasteiger partial charge >= 0.3 is 0 Å². The molecule has 0 aromatic heterocycles. The lowest BCUT2D eigenvalue weighted by Gasteiger charge is -2.23. The summed E-state index contributed by atoms with van der Waals surface area (Å²) < 4.78 is 0. The Morgan fingerprint density at radius 3 is 1.00 bits per heavy atom. The molecule has 0 fully saturated rings. The Labute approximate surface area is 233 Å². The molecule has 0 atom stereocenters. The minimum Gasteiger partial charge on any atom is -0.507 e. The van der Waals surface area contributed by atoms with Crippen molar-refractivity contribution >= 4 is 75.4 Å². The standard InChI is InChI=1S/C28H12O4.4C2H6/c29-17-9-7-13-14-8-10-18(30)24-22(14)26-20-12(4-2-6-16(20)28(24)32)11-3-1-5-15-19(11)25(26)21(13)23(17)27(15)31;4*1-2/h1-10,31-32H;4*1-2H3. The highest BCUT2D eigenvalue weighted by Crippen LogP contribution is 2.53. The molecule has 0 unspecified atom stereocenters. The monoisotopic (exact) mass is 532 g/mol. The fraction of sp³-hybridized carbons (Fsp3) is 0.222. The van der Waals surface area contributed by atoms with Crippen LogP contribution in [0.25, 0.3) is 75.4 Å². The molecule has 8 aromatic rings. The van der Waals surface area contributed by atoms with Gasteiger partial charge in [-0.25, -0.2) is 0 Å². The van der Waals surface area contributed by atoms with Crippen LogP contribution in [0.5, 0.6) is 11.5 Å². The third-order valence-corrected chi connectivity index (χ3v) is 7.28. The number of fused-ring (bicyclic) bond motifs is 2. The Balaban J connectivity index is 0.000000428. The molecule has 0 saturated carbocycles. The fourth-order valence-corrected chi connectivity index (χ4v) is 6.11. The lowest BCUT2D eigenvalue weighted by Crippen LogP contribution is -2.05. The molecule has 0 aliphatic carbocycles. The lowest BCUT2D eigenvalue weighted by atomic mass is 9.80. The topological polar surface area (TPSA) is 74.6 Å². The molecule has 204 valence electrons. The van der Waals surface area contributed by atoms with E-state index in [4.69, 9.17) is 0 Å². The Bertz CT molecular complexity index is 2040. The number of phenols is 2. The summed E-state index contributed by atoms with van der Waals surface area (Å²) in [4.78, 5) is 26.0. The van der Waals surface area contributed by atoms with Gasteiger partial charge in [-0.2, -0.15) is 0 Å². The smallest absolute Gasteiger partial charge is 0.190 e. The van der Waals surface area contributed by atoms with E-state index in [1.807, 2.05) is 91.8 Å². The molecule has 4 heteroatoms. The molecule has 0 heterocycles. The van der Waals surface area contributed by atoms with E-state index in [1.165, 1.54) is 12.1 Å². The van der Waals surface area contributed by atoms with Crippen LogP contribution in [0, 0.1) is 0 Å². The normalized spacial score (nSPS) is 10.9. The molecular formula is C36H36O4. The van der Waals surface area contributed by atoms with Crippen LogP contribution in [0.1, 0.15) is 55.4 Å². The van der Waals surface area contributed by atoms with Gasteiger partial charge in [0.05, 0.1) is 10.8 Å². The zero-order valence-corrected chi connectivity index (χ0v) is 24.5. The summed E-state index contributed by atoms with van der Waals surface area (Å²) in [5, 5.41) is 32.7. The van der Waals surface area contributed by atoms with Crippen LogP contribution in [0.15, 0.2) is 70.3 Å². The van der Waals surface area contributed by atoms with Gasteiger partial charge in [0.25, 0.3) is 0 Å². The third-order valence-electron chi connectivity index (χ3n) is 7.28. The molecule has 2 N–H and O–H groups in total. The Kier molecular flexibility index (Phi) is 7.84. The van der Waals surface area contributed by atoms with Gasteiger partial charge in [0.1, 0.15) is 11.5 Å². The summed E-state index contributed by atoms with van der Waals surface area (Å²) in [6.45, 7) is 16.0. The molecule has 0 radical (unpaired) electrons. The van der Waals surface area contributed by atoms with Gasteiger partial charge in [-0.05, 0) is 45.8 Å². The first-order chi connectivity index (χ1) is 19.6. The average Bonchev–Trinajstić information content (AvgIpc) is 3.02. The predicted molar refractivity (Wildman–Crippen MR) is 175 cm³/mol. The van der Waals surface area contributed by atoms with Crippen molar-refractivity contribution in [2.75, 3.05) is 0 Å². The van der Waals surface area contributed by atoms with Gasteiger partial charge in [-0.3, -0.25) is 9.59 Å². The quantitative estimate of drug-likeness (QED) is 0.151. The van der Waals surface area contributed by atoms with E-state index in [0.717, 1.165) is 43.1 Å². The molecule has 0 amide bonds. The first-order valence-electron chi connectivity index (χ1n) is 14.4. The number of hydrogen-bond donors (Lipinski definition) is 2. The average molecular weight is 533 g/mol. The summed E-state index contributed by atoms with van der Waals surface area (Å²) in [6, 6.07) is 17.9. The number of rotatable bonds is 0. The van der Waals surface area contributed by atoms with Crippen molar-refractivity contribution in [1.29, 1.82) is 0 Å². The maximum Gasteiger partial charge on any atom is 0.190 e. The Hall–Kier alpha value is -4.44. The summed E-state index contributed by atoms with van der Waals surface area (Å²) in [5.74, 6) is -0.0241. The lowest BCUT2D eigenvalue weighted by molar-refractivity contribution is 0.487. The van der Waals surface area contributed by atoms with Crippen molar-refractivity contribution in [2.45, 2.75) is 55.4 Å². The van der Waals surface area contributed by atoms with Crippen molar-refractivity contribution in [3.8, 4) is 11.5 Å². The number of phenolic OH excluding ortho intramolecular Hbond substituents is 2.